The van der Waals surface area contributed by atoms with Crippen LogP contribution in [0.1, 0.15) is 49.5 Å². The van der Waals surface area contributed by atoms with E-state index in [4.69, 9.17) is 21.1 Å². The largest absolute Gasteiger partial charge is 0.508 e. The molecule has 2 heterocycles. The van der Waals surface area contributed by atoms with Crippen molar-refractivity contribution in [2.45, 2.75) is 32.8 Å². The summed E-state index contributed by atoms with van der Waals surface area (Å²) in [6.45, 7) is 8.22. The molecule has 2 atom stereocenters. The molecule has 36 heavy (non-hydrogen) atoms. The van der Waals surface area contributed by atoms with Crippen LogP contribution in [0.4, 0.5) is 0 Å². The molecule has 1 saturated heterocycles. The maximum absolute atomic E-state index is 10.3. The van der Waals surface area contributed by atoms with Crippen molar-refractivity contribution >= 4 is 22.7 Å². The Bertz CT molecular complexity index is 1270. The lowest BCUT2D eigenvalue weighted by atomic mass is 9.86. The summed E-state index contributed by atoms with van der Waals surface area (Å²) in [7, 11) is 0. The number of fused-ring (bicyclic) bond motifs is 1. The van der Waals surface area contributed by atoms with Crippen LogP contribution in [0.25, 0.3) is 11.1 Å². The lowest BCUT2D eigenvalue weighted by Crippen LogP contribution is -2.26. The lowest BCUT2D eigenvalue weighted by Gasteiger charge is -2.31. The minimum atomic E-state index is -0.396. The molecule has 3 aromatic carbocycles. The molecule has 2 aliphatic rings. The second kappa shape index (κ2) is 10.5. The number of rotatable bonds is 7. The van der Waals surface area contributed by atoms with Gasteiger partial charge in [-0.15, -0.1) is 0 Å². The van der Waals surface area contributed by atoms with Gasteiger partial charge in [0.15, 0.2) is 0 Å². The third kappa shape index (κ3) is 5.04. The monoisotopic (exact) mass is 505 g/mol. The van der Waals surface area contributed by atoms with Gasteiger partial charge in [-0.2, -0.15) is 0 Å². The van der Waals surface area contributed by atoms with Gasteiger partial charge in [0.2, 0.25) is 0 Å². The van der Waals surface area contributed by atoms with Crippen LogP contribution in [-0.4, -0.2) is 41.4 Å². The summed E-state index contributed by atoms with van der Waals surface area (Å²) < 4.78 is 12.5. The molecule has 1 unspecified atom stereocenters. The number of hydrogen-bond acceptors (Lipinski definition) is 5. The topological polar surface area (TPSA) is 62.2 Å². The van der Waals surface area contributed by atoms with E-state index in [-0.39, 0.29) is 11.5 Å². The first-order valence-corrected chi connectivity index (χ1v) is 13.0. The van der Waals surface area contributed by atoms with E-state index in [0.717, 1.165) is 52.6 Å². The van der Waals surface area contributed by atoms with E-state index in [1.165, 1.54) is 19.4 Å². The standard InChI is InChI=1S/C30H32ClNO4/c1-3-20-12-13-32(18-20)14-15-35-24-8-4-21(5-9-24)30-29(22-6-10-26(31)27(34)16-22)19(2)25-17-23(33)7-11-28(25)36-30/h4-11,16-17,20,30,33-34H,3,12-15,18H2,1-2H3/t20-,30?/m1/s1. The van der Waals surface area contributed by atoms with E-state index < -0.39 is 6.10 Å². The highest BCUT2D eigenvalue weighted by Gasteiger charge is 2.30. The Morgan fingerprint density at radius 3 is 2.58 bits per heavy atom. The van der Waals surface area contributed by atoms with Crippen molar-refractivity contribution in [2.75, 3.05) is 26.2 Å². The average Bonchev–Trinajstić information content (AvgIpc) is 3.35. The number of ether oxygens (including phenoxy) is 2. The third-order valence-electron chi connectivity index (χ3n) is 7.34. The second-order valence-corrected chi connectivity index (χ2v) is 10.1. The number of allylic oxidation sites excluding steroid dienone is 1. The van der Waals surface area contributed by atoms with Crippen molar-refractivity contribution in [1.29, 1.82) is 0 Å². The van der Waals surface area contributed by atoms with E-state index >= 15 is 0 Å². The van der Waals surface area contributed by atoms with E-state index in [1.807, 2.05) is 37.3 Å². The molecule has 0 aliphatic carbocycles. The maximum Gasteiger partial charge on any atom is 0.150 e. The summed E-state index contributed by atoms with van der Waals surface area (Å²) in [5.41, 5.74) is 4.48. The zero-order valence-corrected chi connectivity index (χ0v) is 21.5. The number of benzene rings is 3. The van der Waals surface area contributed by atoms with Crippen molar-refractivity contribution in [2.24, 2.45) is 5.92 Å². The van der Waals surface area contributed by atoms with Gasteiger partial charge in [0, 0.05) is 24.2 Å². The molecule has 0 saturated carbocycles. The zero-order chi connectivity index (χ0) is 25.2. The number of aromatic hydroxyl groups is 2. The van der Waals surface area contributed by atoms with Gasteiger partial charge in [-0.25, -0.2) is 0 Å². The van der Waals surface area contributed by atoms with Crippen LogP contribution < -0.4 is 9.47 Å². The summed E-state index contributed by atoms with van der Waals surface area (Å²) in [5, 5.41) is 20.6. The summed E-state index contributed by atoms with van der Waals surface area (Å²) in [4.78, 5) is 2.48. The molecule has 0 aromatic heterocycles. The molecule has 2 aliphatic heterocycles. The molecular formula is C30H32ClNO4. The van der Waals surface area contributed by atoms with Gasteiger partial charge in [0.25, 0.3) is 0 Å². The second-order valence-electron chi connectivity index (χ2n) is 9.66. The van der Waals surface area contributed by atoms with Crippen LogP contribution in [0.5, 0.6) is 23.0 Å². The summed E-state index contributed by atoms with van der Waals surface area (Å²) in [6.07, 6.45) is 2.14. The maximum atomic E-state index is 10.3. The van der Waals surface area contributed by atoms with Gasteiger partial charge in [-0.3, -0.25) is 4.90 Å². The van der Waals surface area contributed by atoms with Crippen LogP contribution in [0.2, 0.25) is 5.02 Å². The SMILES string of the molecule is CC[C@@H]1CCN(CCOc2ccc(C3Oc4ccc(O)cc4C(C)=C3c3ccc(Cl)c(O)c3)cc2)C1. The minimum Gasteiger partial charge on any atom is -0.508 e. The van der Waals surface area contributed by atoms with Crippen molar-refractivity contribution < 1.29 is 19.7 Å². The highest BCUT2D eigenvalue weighted by molar-refractivity contribution is 6.32. The van der Waals surface area contributed by atoms with Gasteiger partial charge in [-0.05, 0) is 85.0 Å². The Morgan fingerprint density at radius 1 is 1.06 bits per heavy atom. The molecule has 1 fully saturated rings. The van der Waals surface area contributed by atoms with Crippen LogP contribution in [0.3, 0.4) is 0 Å². The summed E-state index contributed by atoms with van der Waals surface area (Å²) in [5.74, 6) is 2.55. The Hall–Kier alpha value is -3.15. The molecule has 2 N–H and O–H groups in total. The predicted molar refractivity (Wildman–Crippen MR) is 144 cm³/mol. The van der Waals surface area contributed by atoms with Crippen LogP contribution in [0, 0.1) is 5.92 Å². The number of phenols is 2. The van der Waals surface area contributed by atoms with Gasteiger partial charge in [0.05, 0.1) is 5.02 Å². The molecule has 0 radical (unpaired) electrons. The number of likely N-dealkylation sites (tertiary alicyclic amines) is 1. The Balaban J connectivity index is 1.38. The average molecular weight is 506 g/mol. The Labute approximate surface area is 217 Å². The van der Waals surface area contributed by atoms with Crippen molar-refractivity contribution in [3.05, 3.63) is 82.4 Å². The first kappa shape index (κ1) is 24.5. The molecule has 0 bridgehead atoms. The highest BCUT2D eigenvalue weighted by Crippen LogP contribution is 2.48. The van der Waals surface area contributed by atoms with Gasteiger partial charge in [-0.1, -0.05) is 43.1 Å². The molecule has 3 aromatic rings. The van der Waals surface area contributed by atoms with Crippen molar-refractivity contribution in [3.8, 4) is 23.0 Å². The molecular weight excluding hydrogens is 474 g/mol. The lowest BCUT2D eigenvalue weighted by molar-refractivity contribution is 0.232. The fourth-order valence-corrected chi connectivity index (χ4v) is 5.32. The van der Waals surface area contributed by atoms with Crippen LogP contribution >= 0.6 is 11.6 Å². The number of hydrogen-bond donors (Lipinski definition) is 2. The predicted octanol–water partition coefficient (Wildman–Crippen LogP) is 6.93. The third-order valence-corrected chi connectivity index (χ3v) is 7.66. The van der Waals surface area contributed by atoms with Gasteiger partial charge >= 0.3 is 0 Å². The quantitative estimate of drug-likeness (QED) is 0.364. The van der Waals surface area contributed by atoms with Crippen molar-refractivity contribution in [3.63, 3.8) is 0 Å². The highest BCUT2D eigenvalue weighted by atomic mass is 35.5. The summed E-state index contributed by atoms with van der Waals surface area (Å²) >= 11 is 6.08. The molecule has 0 amide bonds. The minimum absolute atomic E-state index is 0.0157. The van der Waals surface area contributed by atoms with Gasteiger partial charge < -0.3 is 19.7 Å². The van der Waals surface area contributed by atoms with E-state index in [9.17, 15) is 10.2 Å². The fourth-order valence-electron chi connectivity index (χ4n) is 5.20. The van der Waals surface area contributed by atoms with Crippen LogP contribution in [-0.2, 0) is 0 Å². The zero-order valence-electron chi connectivity index (χ0n) is 20.7. The van der Waals surface area contributed by atoms with E-state index in [0.29, 0.717) is 17.4 Å². The normalized spacial score (nSPS) is 19.8. The molecule has 0 spiro atoms. The first-order chi connectivity index (χ1) is 17.4. The molecule has 5 rings (SSSR count). The van der Waals surface area contributed by atoms with Gasteiger partial charge in [0.1, 0.15) is 35.7 Å². The number of nitrogens with zero attached hydrogens (tertiary/aromatic N) is 1. The fraction of sp³-hybridized carbons (Fsp3) is 0.333. The molecule has 6 heteroatoms. The van der Waals surface area contributed by atoms with Crippen molar-refractivity contribution in [1.82, 2.24) is 4.90 Å². The number of halogens is 1. The smallest absolute Gasteiger partial charge is 0.150 e. The molecule has 5 nitrogen and oxygen atoms in total. The Morgan fingerprint density at radius 2 is 1.86 bits per heavy atom. The van der Waals surface area contributed by atoms with Crippen LogP contribution in [0.15, 0.2) is 60.7 Å². The number of phenolic OH excluding ortho intramolecular Hbond substituents is 2. The first-order valence-electron chi connectivity index (χ1n) is 12.6. The van der Waals surface area contributed by atoms with E-state index in [1.54, 1.807) is 30.3 Å². The molecule has 188 valence electrons. The Kier molecular flexibility index (Phi) is 7.13. The summed E-state index contributed by atoms with van der Waals surface area (Å²) in [6, 6.07) is 18.4. The van der Waals surface area contributed by atoms with E-state index in [2.05, 4.69) is 11.8 Å².